The number of carbonyl (C=O) groups excluding carboxylic acids is 2. The van der Waals surface area contributed by atoms with Crippen LogP contribution in [0.5, 0.6) is 0 Å². The molecule has 0 aliphatic carbocycles. The Hall–Kier alpha value is -2.86. The molecule has 0 unspecified atom stereocenters. The maximum Gasteiger partial charge on any atom is 0.348 e. The van der Waals surface area contributed by atoms with Gasteiger partial charge in [-0.25, -0.2) is 9.78 Å². The van der Waals surface area contributed by atoms with Crippen LogP contribution in [-0.2, 0) is 4.74 Å². The fourth-order valence-electron chi connectivity index (χ4n) is 2.27. The molecule has 0 N–H and O–H groups in total. The lowest BCUT2D eigenvalue weighted by atomic mass is 10.1. The Balaban J connectivity index is 1.91. The second kappa shape index (κ2) is 6.72. The third kappa shape index (κ3) is 3.09. The zero-order valence-electron chi connectivity index (χ0n) is 13.1. The van der Waals surface area contributed by atoms with Crippen LogP contribution < -0.4 is 0 Å². The highest BCUT2D eigenvalue weighted by Crippen LogP contribution is 2.30. The van der Waals surface area contributed by atoms with E-state index in [0.717, 1.165) is 21.3 Å². The van der Waals surface area contributed by atoms with Crippen molar-refractivity contribution >= 4 is 39.4 Å². The number of fused-ring (bicyclic) bond motifs is 1. The normalized spacial score (nSPS) is 11.1. The number of methoxy groups -OCH3 is 1. The molecule has 0 aliphatic rings. The van der Waals surface area contributed by atoms with Crippen LogP contribution >= 0.6 is 11.3 Å². The van der Waals surface area contributed by atoms with Crippen LogP contribution in [0.2, 0.25) is 0 Å². The number of allylic oxidation sites excluding steroid dienone is 1. The Labute approximate surface area is 142 Å². The lowest BCUT2D eigenvalue weighted by molar-refractivity contribution is 0.0605. The number of hydrogen-bond acceptors (Lipinski definition) is 6. The lowest BCUT2D eigenvalue weighted by Gasteiger charge is -1.97. The molecule has 0 bridgehead atoms. The molecule has 0 saturated carbocycles. The number of hydrogen-bond donors (Lipinski definition) is 0. The second-order valence-corrected chi connectivity index (χ2v) is 6.11. The van der Waals surface area contributed by atoms with E-state index in [4.69, 9.17) is 4.74 Å². The van der Waals surface area contributed by atoms with Crippen molar-refractivity contribution in [2.75, 3.05) is 7.11 Å². The average molecular weight is 338 g/mol. The Morgan fingerprint density at radius 1 is 1.29 bits per heavy atom. The summed E-state index contributed by atoms with van der Waals surface area (Å²) in [5, 5.41) is 0.886. The number of esters is 1. The summed E-state index contributed by atoms with van der Waals surface area (Å²) in [5.74, 6) is -0.486. The maximum absolute atomic E-state index is 12.1. The molecule has 24 heavy (non-hydrogen) atoms. The van der Waals surface area contributed by atoms with Crippen molar-refractivity contribution in [1.82, 2.24) is 9.97 Å². The van der Waals surface area contributed by atoms with Gasteiger partial charge >= 0.3 is 5.97 Å². The van der Waals surface area contributed by atoms with Crippen LogP contribution in [0.4, 0.5) is 0 Å². The molecule has 0 spiro atoms. The van der Waals surface area contributed by atoms with Crippen molar-refractivity contribution in [2.24, 2.45) is 0 Å². The van der Waals surface area contributed by atoms with Gasteiger partial charge in [0.05, 0.1) is 7.11 Å². The molecule has 0 aliphatic heterocycles. The van der Waals surface area contributed by atoms with E-state index in [9.17, 15) is 9.59 Å². The van der Waals surface area contributed by atoms with Crippen molar-refractivity contribution in [2.45, 2.75) is 6.92 Å². The Bertz CT molecular complexity index is 946. The highest BCUT2D eigenvalue weighted by molar-refractivity contribution is 7.20. The molecule has 0 saturated heterocycles. The van der Waals surface area contributed by atoms with Gasteiger partial charge in [0.15, 0.2) is 5.78 Å². The number of rotatable bonds is 4. The van der Waals surface area contributed by atoms with Gasteiger partial charge in [-0.3, -0.25) is 9.78 Å². The summed E-state index contributed by atoms with van der Waals surface area (Å²) in [4.78, 5) is 33.4. The molecule has 3 aromatic rings. The van der Waals surface area contributed by atoms with E-state index in [1.54, 1.807) is 30.6 Å². The number of pyridine rings is 2. The summed E-state index contributed by atoms with van der Waals surface area (Å²) in [7, 11) is 1.36. The molecular formula is C18H14N2O3S. The first kappa shape index (κ1) is 16.0. The van der Waals surface area contributed by atoms with Crippen molar-refractivity contribution in [3.05, 3.63) is 64.4 Å². The van der Waals surface area contributed by atoms with Gasteiger partial charge in [0.2, 0.25) is 0 Å². The summed E-state index contributed by atoms with van der Waals surface area (Å²) in [6, 6.07) is 5.35. The summed E-state index contributed by atoms with van der Waals surface area (Å²) < 4.78 is 4.78. The predicted octanol–water partition coefficient (Wildman–Crippen LogP) is 3.68. The van der Waals surface area contributed by atoms with Gasteiger partial charge in [0, 0.05) is 29.5 Å². The van der Waals surface area contributed by atoms with Gasteiger partial charge in [-0.15, -0.1) is 11.3 Å². The van der Waals surface area contributed by atoms with Gasteiger partial charge in [0.25, 0.3) is 0 Å². The van der Waals surface area contributed by atoms with Gasteiger partial charge in [0.1, 0.15) is 9.71 Å². The van der Waals surface area contributed by atoms with Crippen molar-refractivity contribution < 1.29 is 14.3 Å². The molecule has 3 aromatic heterocycles. The number of nitrogens with zero attached hydrogens (tertiary/aromatic N) is 2. The molecule has 5 nitrogen and oxygen atoms in total. The standard InChI is InChI=1S/C18H14N2O3S/c1-11-14-8-12(5-6-15(21)13-4-3-7-19-10-13)9-20-17(14)24-16(11)18(22)23-2/h3-10H,1-2H3/b6-5-. The van der Waals surface area contributed by atoms with Crippen molar-refractivity contribution in [3.63, 3.8) is 0 Å². The van der Waals surface area contributed by atoms with E-state index in [2.05, 4.69) is 9.97 Å². The SMILES string of the molecule is COC(=O)c1sc2ncc(/C=C\C(=O)c3cccnc3)cc2c1C. The fourth-order valence-corrected chi connectivity index (χ4v) is 3.32. The van der Waals surface area contributed by atoms with E-state index in [1.165, 1.54) is 30.7 Å². The van der Waals surface area contributed by atoms with Crippen LogP contribution in [0.25, 0.3) is 16.3 Å². The summed E-state index contributed by atoms with van der Waals surface area (Å²) in [5.41, 5.74) is 2.16. The lowest BCUT2D eigenvalue weighted by Crippen LogP contribution is -1.99. The Morgan fingerprint density at radius 2 is 2.12 bits per heavy atom. The van der Waals surface area contributed by atoms with E-state index in [0.29, 0.717) is 10.4 Å². The predicted molar refractivity (Wildman–Crippen MR) is 93.3 cm³/mol. The first-order valence-electron chi connectivity index (χ1n) is 7.20. The molecule has 0 amide bonds. The maximum atomic E-state index is 12.1. The largest absolute Gasteiger partial charge is 0.465 e. The van der Waals surface area contributed by atoms with Gasteiger partial charge in [-0.2, -0.15) is 0 Å². The highest BCUT2D eigenvalue weighted by atomic mass is 32.1. The van der Waals surface area contributed by atoms with Crippen LogP contribution in [-0.4, -0.2) is 28.8 Å². The zero-order chi connectivity index (χ0) is 17.1. The molecule has 0 atom stereocenters. The summed E-state index contributed by atoms with van der Waals surface area (Å²) in [6.45, 7) is 1.86. The zero-order valence-corrected chi connectivity index (χ0v) is 14.0. The van der Waals surface area contributed by atoms with E-state index >= 15 is 0 Å². The van der Waals surface area contributed by atoms with Crippen molar-refractivity contribution in [3.8, 4) is 0 Å². The minimum Gasteiger partial charge on any atom is -0.465 e. The fraction of sp³-hybridized carbons (Fsp3) is 0.111. The quantitative estimate of drug-likeness (QED) is 0.412. The molecule has 3 heterocycles. The monoisotopic (exact) mass is 338 g/mol. The van der Waals surface area contributed by atoms with Crippen LogP contribution in [0.1, 0.15) is 31.2 Å². The minimum atomic E-state index is -0.362. The Kier molecular flexibility index (Phi) is 4.48. The van der Waals surface area contributed by atoms with Crippen LogP contribution in [0.15, 0.2) is 42.9 Å². The first-order chi connectivity index (χ1) is 11.6. The average Bonchev–Trinajstić information content (AvgIpc) is 2.96. The molecule has 120 valence electrons. The molecule has 0 fully saturated rings. The van der Waals surface area contributed by atoms with E-state index in [-0.39, 0.29) is 11.8 Å². The third-order valence-electron chi connectivity index (χ3n) is 3.56. The van der Waals surface area contributed by atoms with Gasteiger partial charge < -0.3 is 4.74 Å². The molecule has 0 radical (unpaired) electrons. The Morgan fingerprint density at radius 3 is 2.83 bits per heavy atom. The van der Waals surface area contributed by atoms with E-state index < -0.39 is 0 Å². The van der Waals surface area contributed by atoms with Gasteiger partial charge in [-0.1, -0.05) is 0 Å². The second-order valence-electron chi connectivity index (χ2n) is 5.11. The third-order valence-corrected chi connectivity index (χ3v) is 4.76. The summed E-state index contributed by atoms with van der Waals surface area (Å²) >= 11 is 1.30. The van der Waals surface area contributed by atoms with Crippen LogP contribution in [0, 0.1) is 6.92 Å². The summed E-state index contributed by atoms with van der Waals surface area (Å²) in [6.07, 6.45) is 8.02. The number of ether oxygens (including phenoxy) is 1. The first-order valence-corrected chi connectivity index (χ1v) is 8.01. The number of aromatic nitrogens is 2. The number of thiophene rings is 1. The van der Waals surface area contributed by atoms with E-state index in [1.807, 2.05) is 13.0 Å². The highest BCUT2D eigenvalue weighted by Gasteiger charge is 2.16. The number of aryl methyl sites for hydroxylation is 1. The van der Waals surface area contributed by atoms with Gasteiger partial charge in [-0.05, 0) is 48.4 Å². The number of ketones is 1. The smallest absolute Gasteiger partial charge is 0.348 e. The molecule has 3 rings (SSSR count). The number of carbonyl (C=O) groups is 2. The molecular weight excluding hydrogens is 324 g/mol. The topological polar surface area (TPSA) is 69.2 Å². The van der Waals surface area contributed by atoms with Crippen LogP contribution in [0.3, 0.4) is 0 Å². The molecule has 0 aromatic carbocycles. The molecule has 6 heteroatoms. The van der Waals surface area contributed by atoms with Crippen molar-refractivity contribution in [1.29, 1.82) is 0 Å². The minimum absolute atomic E-state index is 0.125.